The largest absolute Gasteiger partial charge is 0.465 e. The smallest absolute Gasteiger partial charge is 0.326 e. The topological polar surface area (TPSA) is 97.0 Å². The van der Waals surface area contributed by atoms with Gasteiger partial charge in [0.15, 0.2) is 0 Å². The number of carbonyl (C=O) groups excluding carboxylic acids is 3. The van der Waals surface area contributed by atoms with Crippen molar-refractivity contribution in [3.05, 3.63) is 102 Å². The Morgan fingerprint density at radius 3 is 2.33 bits per heavy atom. The van der Waals surface area contributed by atoms with E-state index in [1.807, 2.05) is 84.9 Å². The second-order valence-electron chi connectivity index (χ2n) is 9.47. The lowest BCUT2D eigenvalue weighted by molar-refractivity contribution is -0.142. The van der Waals surface area contributed by atoms with Crippen molar-refractivity contribution in [3.63, 3.8) is 0 Å². The zero-order valence-electron chi connectivity index (χ0n) is 22.2. The normalized spacial score (nSPS) is 15.7. The van der Waals surface area contributed by atoms with Crippen molar-refractivity contribution in [2.24, 2.45) is 5.92 Å². The second kappa shape index (κ2) is 14.2. The van der Waals surface area contributed by atoms with E-state index in [4.69, 9.17) is 9.57 Å². The number of benzene rings is 3. The fraction of sp³-hybridized carbons (Fsp3) is 0.323. The number of rotatable bonds is 12. The number of amides is 2. The first kappa shape index (κ1) is 28.0. The van der Waals surface area contributed by atoms with Crippen molar-refractivity contribution >= 4 is 23.5 Å². The number of fused-ring (bicyclic) bond motifs is 1. The van der Waals surface area contributed by atoms with Crippen LogP contribution in [0, 0.1) is 5.92 Å². The van der Waals surface area contributed by atoms with Gasteiger partial charge in [0.05, 0.1) is 19.1 Å². The van der Waals surface area contributed by atoms with Gasteiger partial charge in [-0.1, -0.05) is 78.9 Å². The fourth-order valence-electron chi connectivity index (χ4n) is 4.66. The molecule has 1 heterocycles. The number of ether oxygens (including phenoxy) is 1. The highest BCUT2D eigenvalue weighted by Gasteiger charge is 2.34. The summed E-state index contributed by atoms with van der Waals surface area (Å²) in [5.74, 6) is -1.56. The molecule has 0 radical (unpaired) electrons. The van der Waals surface area contributed by atoms with Gasteiger partial charge in [-0.2, -0.15) is 0 Å². The van der Waals surface area contributed by atoms with E-state index >= 15 is 0 Å². The molecule has 1 aliphatic heterocycles. The first-order valence-electron chi connectivity index (χ1n) is 13.3. The predicted octanol–water partition coefficient (Wildman–Crippen LogP) is 3.59. The van der Waals surface area contributed by atoms with Crippen LogP contribution in [0.3, 0.4) is 0 Å². The van der Waals surface area contributed by atoms with E-state index in [0.29, 0.717) is 31.6 Å². The molecule has 8 heteroatoms. The molecular weight excluding hydrogens is 494 g/mol. The lowest BCUT2D eigenvalue weighted by atomic mass is 9.97. The number of anilines is 1. The summed E-state index contributed by atoms with van der Waals surface area (Å²) in [4.78, 5) is 46.6. The van der Waals surface area contributed by atoms with Gasteiger partial charge in [0.1, 0.15) is 12.6 Å². The minimum absolute atomic E-state index is 0.210. The molecule has 2 atom stereocenters. The SMILES string of the molecule is CCOC(=O)CN1C(=O)[C@@H](NC(=O)[C@@H](CNOCc2ccccc2)Cc2ccccc2)CCc2ccccc21. The van der Waals surface area contributed by atoms with E-state index in [1.54, 1.807) is 6.92 Å². The maximum atomic E-state index is 13.6. The van der Waals surface area contributed by atoms with E-state index < -0.39 is 17.9 Å². The molecule has 0 fully saturated rings. The zero-order chi connectivity index (χ0) is 27.5. The molecule has 204 valence electrons. The van der Waals surface area contributed by atoms with Crippen molar-refractivity contribution < 1.29 is 24.0 Å². The highest BCUT2D eigenvalue weighted by molar-refractivity contribution is 6.03. The number of aryl methyl sites for hydroxylation is 1. The third-order valence-corrected chi connectivity index (χ3v) is 6.67. The monoisotopic (exact) mass is 529 g/mol. The third-order valence-electron chi connectivity index (χ3n) is 6.67. The molecule has 0 saturated carbocycles. The summed E-state index contributed by atoms with van der Waals surface area (Å²) in [5, 5.41) is 2.98. The van der Waals surface area contributed by atoms with Crippen molar-refractivity contribution in [1.29, 1.82) is 0 Å². The summed E-state index contributed by atoms with van der Waals surface area (Å²) < 4.78 is 5.11. The number of hydrogen-bond donors (Lipinski definition) is 2. The Balaban J connectivity index is 1.46. The Morgan fingerprint density at radius 2 is 1.62 bits per heavy atom. The van der Waals surface area contributed by atoms with Crippen LogP contribution in [0.4, 0.5) is 5.69 Å². The quantitative estimate of drug-likeness (QED) is 0.212. The number of esters is 1. The van der Waals surface area contributed by atoms with Crippen LogP contribution in [0.1, 0.15) is 30.0 Å². The Hall–Kier alpha value is -4.01. The molecule has 0 bridgehead atoms. The van der Waals surface area contributed by atoms with E-state index in [9.17, 15) is 14.4 Å². The van der Waals surface area contributed by atoms with Gasteiger partial charge in [0.2, 0.25) is 11.8 Å². The minimum Gasteiger partial charge on any atom is -0.465 e. The first-order valence-corrected chi connectivity index (χ1v) is 13.3. The molecule has 39 heavy (non-hydrogen) atoms. The first-order chi connectivity index (χ1) is 19.0. The lowest BCUT2D eigenvalue weighted by Crippen LogP contribution is -2.52. The average molecular weight is 530 g/mol. The van der Waals surface area contributed by atoms with Crippen molar-refractivity contribution in [2.45, 2.75) is 38.8 Å². The van der Waals surface area contributed by atoms with Gasteiger partial charge in [-0.15, -0.1) is 0 Å². The van der Waals surface area contributed by atoms with Crippen LogP contribution in [-0.2, 0) is 43.4 Å². The summed E-state index contributed by atoms with van der Waals surface area (Å²) in [6.07, 6.45) is 1.49. The summed E-state index contributed by atoms with van der Waals surface area (Å²) in [6, 6.07) is 26.2. The van der Waals surface area contributed by atoms with Crippen LogP contribution in [0.25, 0.3) is 0 Å². The van der Waals surface area contributed by atoms with E-state index in [-0.39, 0.29) is 31.5 Å². The van der Waals surface area contributed by atoms with Crippen LogP contribution in [0.5, 0.6) is 0 Å². The zero-order valence-corrected chi connectivity index (χ0v) is 22.2. The molecule has 0 spiro atoms. The van der Waals surface area contributed by atoms with Crippen LogP contribution in [0.15, 0.2) is 84.9 Å². The summed E-state index contributed by atoms with van der Waals surface area (Å²) in [6.45, 7) is 2.37. The highest BCUT2D eigenvalue weighted by Crippen LogP contribution is 2.27. The Kier molecular flexibility index (Phi) is 10.2. The van der Waals surface area contributed by atoms with Gasteiger partial charge in [-0.05, 0) is 48.9 Å². The summed E-state index contributed by atoms with van der Waals surface area (Å²) in [5.41, 5.74) is 6.58. The Labute approximate surface area is 229 Å². The fourth-order valence-corrected chi connectivity index (χ4v) is 4.66. The summed E-state index contributed by atoms with van der Waals surface area (Å²) in [7, 11) is 0. The van der Waals surface area contributed by atoms with Crippen LogP contribution < -0.4 is 15.7 Å². The molecule has 0 unspecified atom stereocenters. The molecule has 1 aliphatic rings. The molecule has 3 aromatic rings. The molecule has 8 nitrogen and oxygen atoms in total. The number of nitrogens with one attached hydrogen (secondary N) is 2. The Bertz CT molecular complexity index is 1240. The van der Waals surface area contributed by atoms with Crippen LogP contribution >= 0.6 is 0 Å². The van der Waals surface area contributed by atoms with Gasteiger partial charge in [-0.3, -0.25) is 24.1 Å². The highest BCUT2D eigenvalue weighted by atomic mass is 16.6. The molecule has 2 amide bonds. The molecular formula is C31H35N3O5. The molecule has 0 aromatic heterocycles. The van der Waals surface area contributed by atoms with Crippen molar-refractivity contribution in [3.8, 4) is 0 Å². The van der Waals surface area contributed by atoms with Gasteiger partial charge in [0.25, 0.3) is 0 Å². The maximum Gasteiger partial charge on any atom is 0.326 e. The molecule has 0 saturated heterocycles. The van der Waals surface area contributed by atoms with Crippen molar-refractivity contribution in [2.75, 3.05) is 24.6 Å². The lowest BCUT2D eigenvalue weighted by Gasteiger charge is -2.26. The van der Waals surface area contributed by atoms with E-state index in [1.165, 1.54) is 4.90 Å². The van der Waals surface area contributed by atoms with Crippen molar-refractivity contribution in [1.82, 2.24) is 10.8 Å². The number of hydroxylamine groups is 1. The predicted molar refractivity (Wildman–Crippen MR) is 149 cm³/mol. The number of nitrogens with zero attached hydrogens (tertiary/aromatic N) is 1. The average Bonchev–Trinajstić information content (AvgIpc) is 3.08. The van der Waals surface area contributed by atoms with Gasteiger partial charge in [-0.25, -0.2) is 5.48 Å². The van der Waals surface area contributed by atoms with Crippen LogP contribution in [-0.4, -0.2) is 43.5 Å². The second-order valence-corrected chi connectivity index (χ2v) is 9.47. The van der Waals surface area contributed by atoms with Crippen LogP contribution in [0.2, 0.25) is 0 Å². The molecule has 0 aliphatic carbocycles. The third kappa shape index (κ3) is 7.99. The van der Waals surface area contributed by atoms with E-state index in [0.717, 1.165) is 16.7 Å². The van der Waals surface area contributed by atoms with Gasteiger partial charge in [0, 0.05) is 12.2 Å². The van der Waals surface area contributed by atoms with Gasteiger partial charge >= 0.3 is 5.97 Å². The molecule has 3 aromatic carbocycles. The maximum absolute atomic E-state index is 13.6. The number of hydrogen-bond acceptors (Lipinski definition) is 6. The van der Waals surface area contributed by atoms with E-state index in [2.05, 4.69) is 10.8 Å². The molecule has 4 rings (SSSR count). The number of para-hydroxylation sites is 1. The minimum atomic E-state index is -0.775. The Morgan fingerprint density at radius 1 is 0.949 bits per heavy atom. The molecule has 2 N–H and O–H groups in total. The summed E-state index contributed by atoms with van der Waals surface area (Å²) >= 11 is 0. The van der Waals surface area contributed by atoms with Gasteiger partial charge < -0.3 is 10.1 Å². The number of carbonyl (C=O) groups is 3. The standard InChI is InChI=1S/C31H35N3O5/c1-2-38-29(35)21-34-28-16-10-9-15-25(28)17-18-27(31(34)37)33-30(36)26(19-23-11-5-3-6-12-23)20-32-39-22-24-13-7-4-8-14-24/h3-16,26-27,32H,2,17-22H2,1H3,(H,33,36)/t26-,27+/m1/s1.